The van der Waals surface area contributed by atoms with Crippen LogP contribution in [0, 0.1) is 5.92 Å². The van der Waals surface area contributed by atoms with E-state index in [1.165, 1.54) is 0 Å². The van der Waals surface area contributed by atoms with Crippen molar-refractivity contribution in [2.24, 2.45) is 5.92 Å². The van der Waals surface area contributed by atoms with Crippen LogP contribution < -0.4 is 24.4 Å². The van der Waals surface area contributed by atoms with Crippen LogP contribution in [-0.4, -0.2) is 46.2 Å². The summed E-state index contributed by atoms with van der Waals surface area (Å²) in [5.74, 6) is 2.02. The van der Waals surface area contributed by atoms with Crippen LogP contribution in [0.3, 0.4) is 0 Å². The zero-order valence-corrected chi connectivity index (χ0v) is 16.9. The van der Waals surface area contributed by atoms with Crippen molar-refractivity contribution in [2.75, 3.05) is 39.3 Å². The Hall–Kier alpha value is -3.22. The minimum absolute atomic E-state index is 0.0642. The first-order valence-corrected chi connectivity index (χ1v) is 9.46. The second-order valence-corrected chi connectivity index (χ2v) is 6.94. The summed E-state index contributed by atoms with van der Waals surface area (Å²) in [6.45, 7) is 1.05. The first kappa shape index (κ1) is 20.5. The van der Waals surface area contributed by atoms with Gasteiger partial charge in [-0.2, -0.15) is 0 Å². The molecule has 1 N–H and O–H groups in total. The van der Waals surface area contributed by atoms with Gasteiger partial charge in [-0.15, -0.1) is 0 Å². The summed E-state index contributed by atoms with van der Waals surface area (Å²) < 4.78 is 15.6. The molecular weight excluding hydrogens is 372 g/mol. The molecule has 29 heavy (non-hydrogen) atoms. The average molecular weight is 398 g/mol. The van der Waals surface area contributed by atoms with E-state index in [4.69, 9.17) is 14.2 Å². The van der Waals surface area contributed by atoms with Crippen molar-refractivity contribution < 1.29 is 23.8 Å². The lowest BCUT2D eigenvalue weighted by molar-refractivity contribution is -0.121. The predicted octanol–water partition coefficient (Wildman–Crippen LogP) is 2.42. The average Bonchev–Trinajstić information content (AvgIpc) is 3.12. The Morgan fingerprint density at radius 3 is 2.41 bits per heavy atom. The summed E-state index contributed by atoms with van der Waals surface area (Å²) in [6, 6.07) is 12.8. The first-order valence-electron chi connectivity index (χ1n) is 9.46. The summed E-state index contributed by atoms with van der Waals surface area (Å²) in [5, 5.41) is 2.94. The number of carbonyl (C=O) groups is 2. The van der Waals surface area contributed by atoms with E-state index in [1.807, 2.05) is 30.3 Å². The standard InChI is InChI=1S/C22H26N2O5/c1-27-18-7-5-17(6-8-18)24-14-16(12-22(24)26)13-23-21(25)11-15-4-9-19(28-2)20(10-15)29-3/h4-10,16H,11-14H2,1-3H3,(H,23,25). The summed E-state index contributed by atoms with van der Waals surface area (Å²) in [5.41, 5.74) is 1.68. The number of rotatable bonds is 8. The van der Waals surface area contributed by atoms with Crippen molar-refractivity contribution in [1.29, 1.82) is 0 Å². The van der Waals surface area contributed by atoms with Gasteiger partial charge < -0.3 is 24.4 Å². The molecular formula is C22H26N2O5. The molecule has 0 spiro atoms. The van der Waals surface area contributed by atoms with Gasteiger partial charge in [-0.1, -0.05) is 6.07 Å². The van der Waals surface area contributed by atoms with E-state index < -0.39 is 0 Å². The molecule has 0 aromatic heterocycles. The van der Waals surface area contributed by atoms with Crippen LogP contribution in [0.15, 0.2) is 42.5 Å². The Bertz CT molecular complexity index is 866. The first-order chi connectivity index (χ1) is 14.0. The molecule has 1 unspecified atom stereocenters. The predicted molar refractivity (Wildman–Crippen MR) is 110 cm³/mol. The van der Waals surface area contributed by atoms with Gasteiger partial charge in [-0.3, -0.25) is 9.59 Å². The number of hydrogen-bond acceptors (Lipinski definition) is 5. The second kappa shape index (κ2) is 9.32. The zero-order chi connectivity index (χ0) is 20.8. The molecule has 2 aromatic carbocycles. The lowest BCUT2D eigenvalue weighted by Crippen LogP contribution is -2.32. The van der Waals surface area contributed by atoms with Crippen LogP contribution in [0.2, 0.25) is 0 Å². The van der Waals surface area contributed by atoms with Gasteiger partial charge in [0.1, 0.15) is 5.75 Å². The Morgan fingerprint density at radius 1 is 1.03 bits per heavy atom. The zero-order valence-electron chi connectivity index (χ0n) is 16.9. The second-order valence-electron chi connectivity index (χ2n) is 6.94. The Labute approximate surface area is 170 Å². The van der Waals surface area contributed by atoms with Gasteiger partial charge in [0.05, 0.1) is 27.8 Å². The molecule has 0 saturated carbocycles. The fraction of sp³-hybridized carbons (Fsp3) is 0.364. The van der Waals surface area contributed by atoms with Crippen LogP contribution >= 0.6 is 0 Å². The smallest absolute Gasteiger partial charge is 0.227 e. The molecule has 0 bridgehead atoms. The summed E-state index contributed by atoms with van der Waals surface area (Å²) in [6.07, 6.45) is 0.659. The summed E-state index contributed by atoms with van der Waals surface area (Å²) in [4.78, 5) is 26.4. The van der Waals surface area contributed by atoms with Gasteiger partial charge in [-0.05, 0) is 42.0 Å². The van der Waals surface area contributed by atoms with Gasteiger partial charge in [0.25, 0.3) is 0 Å². The van der Waals surface area contributed by atoms with Crippen LogP contribution in [-0.2, 0) is 16.0 Å². The van der Waals surface area contributed by atoms with E-state index >= 15 is 0 Å². The molecule has 3 rings (SSSR count). The molecule has 1 fully saturated rings. The van der Waals surface area contributed by atoms with Gasteiger partial charge >= 0.3 is 0 Å². The van der Waals surface area contributed by atoms with Crippen molar-refractivity contribution in [3.05, 3.63) is 48.0 Å². The molecule has 2 amide bonds. The molecule has 7 heteroatoms. The van der Waals surface area contributed by atoms with E-state index in [-0.39, 0.29) is 24.2 Å². The molecule has 1 aliphatic heterocycles. The molecule has 154 valence electrons. The number of amides is 2. The maximum atomic E-state index is 12.4. The molecule has 0 radical (unpaired) electrons. The van der Waals surface area contributed by atoms with Crippen molar-refractivity contribution in [3.8, 4) is 17.2 Å². The lowest BCUT2D eigenvalue weighted by Gasteiger charge is -2.17. The van der Waals surface area contributed by atoms with Crippen molar-refractivity contribution in [2.45, 2.75) is 12.8 Å². The number of ether oxygens (including phenoxy) is 3. The van der Waals surface area contributed by atoms with Crippen LogP contribution in [0.4, 0.5) is 5.69 Å². The molecule has 1 saturated heterocycles. The van der Waals surface area contributed by atoms with E-state index in [2.05, 4.69) is 5.32 Å². The number of methoxy groups -OCH3 is 3. The van der Waals surface area contributed by atoms with E-state index in [0.717, 1.165) is 17.0 Å². The Morgan fingerprint density at radius 2 is 1.76 bits per heavy atom. The highest BCUT2D eigenvalue weighted by Crippen LogP contribution is 2.28. The fourth-order valence-electron chi connectivity index (χ4n) is 3.43. The number of anilines is 1. The van der Waals surface area contributed by atoms with Gasteiger partial charge in [0, 0.05) is 31.1 Å². The minimum atomic E-state index is -0.0902. The number of benzene rings is 2. The van der Waals surface area contributed by atoms with Crippen LogP contribution in [0.1, 0.15) is 12.0 Å². The van der Waals surface area contributed by atoms with Crippen molar-refractivity contribution >= 4 is 17.5 Å². The maximum absolute atomic E-state index is 12.4. The SMILES string of the molecule is COc1ccc(N2CC(CNC(=O)Cc3ccc(OC)c(OC)c3)CC2=O)cc1. The normalized spacial score (nSPS) is 15.9. The minimum Gasteiger partial charge on any atom is -0.497 e. The maximum Gasteiger partial charge on any atom is 0.227 e. The molecule has 0 aliphatic carbocycles. The summed E-state index contributed by atoms with van der Waals surface area (Å²) >= 11 is 0. The van der Waals surface area contributed by atoms with Gasteiger partial charge in [0.15, 0.2) is 11.5 Å². The van der Waals surface area contributed by atoms with Crippen molar-refractivity contribution in [1.82, 2.24) is 5.32 Å². The monoisotopic (exact) mass is 398 g/mol. The molecule has 7 nitrogen and oxygen atoms in total. The number of nitrogens with zero attached hydrogens (tertiary/aromatic N) is 1. The molecule has 1 atom stereocenters. The third-order valence-electron chi connectivity index (χ3n) is 4.99. The topological polar surface area (TPSA) is 77.1 Å². The Balaban J connectivity index is 1.52. The largest absolute Gasteiger partial charge is 0.497 e. The van der Waals surface area contributed by atoms with Crippen LogP contribution in [0.5, 0.6) is 17.2 Å². The van der Waals surface area contributed by atoms with Gasteiger partial charge in [0.2, 0.25) is 11.8 Å². The van der Waals surface area contributed by atoms with E-state index in [9.17, 15) is 9.59 Å². The number of carbonyl (C=O) groups excluding carboxylic acids is 2. The highest BCUT2D eigenvalue weighted by Gasteiger charge is 2.30. The van der Waals surface area contributed by atoms with Crippen molar-refractivity contribution in [3.63, 3.8) is 0 Å². The summed E-state index contributed by atoms with van der Waals surface area (Å²) in [7, 11) is 4.74. The number of hydrogen-bond donors (Lipinski definition) is 1. The number of nitrogens with one attached hydrogen (secondary N) is 1. The Kier molecular flexibility index (Phi) is 6.59. The highest BCUT2D eigenvalue weighted by molar-refractivity contribution is 5.95. The third kappa shape index (κ3) is 4.99. The molecule has 1 heterocycles. The fourth-order valence-corrected chi connectivity index (χ4v) is 3.43. The quantitative estimate of drug-likeness (QED) is 0.739. The third-order valence-corrected chi connectivity index (χ3v) is 4.99. The lowest BCUT2D eigenvalue weighted by atomic mass is 10.1. The van der Waals surface area contributed by atoms with Crippen LogP contribution in [0.25, 0.3) is 0 Å². The van der Waals surface area contributed by atoms with E-state index in [1.54, 1.807) is 38.4 Å². The highest BCUT2D eigenvalue weighted by atomic mass is 16.5. The van der Waals surface area contributed by atoms with E-state index in [0.29, 0.717) is 31.0 Å². The van der Waals surface area contributed by atoms with Gasteiger partial charge in [-0.25, -0.2) is 0 Å². The molecule has 2 aromatic rings. The molecule has 1 aliphatic rings.